The van der Waals surface area contributed by atoms with Gasteiger partial charge in [-0.1, -0.05) is 0 Å². The van der Waals surface area contributed by atoms with E-state index in [4.69, 9.17) is 0 Å². The fraction of sp³-hybridized carbons (Fsp3) is 0. The second-order valence-corrected chi connectivity index (χ2v) is 0. The van der Waals surface area contributed by atoms with Crippen molar-refractivity contribution in [2.75, 3.05) is 0 Å². The van der Waals surface area contributed by atoms with Crippen LogP contribution in [-0.4, -0.2) is 153 Å². The van der Waals surface area contributed by atoms with E-state index in [1.807, 2.05) is 0 Å². The van der Waals surface area contributed by atoms with Crippen molar-refractivity contribution >= 4 is 148 Å². The summed E-state index contributed by atoms with van der Waals surface area (Å²) in [7, 11) is 0. The number of hydrogen-bond acceptors (Lipinski definition) is 0. The van der Waals surface area contributed by atoms with Crippen LogP contribution in [0.25, 0.3) is 0 Å². The Hall–Kier alpha value is 4.96. The van der Waals surface area contributed by atoms with Crippen LogP contribution in [0.5, 0.6) is 0 Å². The Kier molecular flexibility index (Phi) is 239. The maximum Gasteiger partial charge on any atom is 0 e. The van der Waals surface area contributed by atoms with E-state index in [-0.39, 0.29) is 153 Å². The Morgan fingerprint density at radius 1 is 0.333 bits per heavy atom. The molecule has 13 valence electrons. The van der Waals surface area contributed by atoms with Crippen LogP contribution in [0, 0.1) is 0 Å². The minimum absolute atomic E-state index is 0. The van der Waals surface area contributed by atoms with Crippen molar-refractivity contribution < 1.29 is 5.48 Å². The van der Waals surface area contributed by atoms with Gasteiger partial charge in [0.1, 0.15) is 0 Å². The molecule has 0 fully saturated rings. The van der Waals surface area contributed by atoms with E-state index < -0.39 is 0 Å². The fourth-order valence-corrected chi connectivity index (χ4v) is 0. The van der Waals surface area contributed by atoms with Crippen LogP contribution < -0.4 is 0 Å². The summed E-state index contributed by atoms with van der Waals surface area (Å²) in [4.78, 5) is 0. The van der Waals surface area contributed by atoms with Crippen molar-refractivity contribution in [1.82, 2.24) is 0 Å². The van der Waals surface area contributed by atoms with Crippen LogP contribution in [0.1, 0.15) is 0 Å². The zero-order valence-corrected chi connectivity index (χ0v) is 15.5. The molecule has 6 heteroatoms. The van der Waals surface area contributed by atoms with Crippen LogP contribution in [0.3, 0.4) is 0 Å². The molecule has 0 heterocycles. The van der Waals surface area contributed by atoms with Crippen LogP contribution >= 0.6 is 0 Å². The fourth-order valence-electron chi connectivity index (χ4n) is 0. The van der Waals surface area contributed by atoms with Gasteiger partial charge in [0.05, 0.1) is 0 Å². The molecule has 0 saturated heterocycles. The van der Waals surface area contributed by atoms with Crippen molar-refractivity contribution in [3.05, 3.63) is 0 Å². The van der Waals surface area contributed by atoms with Gasteiger partial charge in [0.2, 0.25) is 0 Å². The third-order valence-corrected chi connectivity index (χ3v) is 0. The molecule has 1 nitrogen and oxygen atoms in total. The van der Waals surface area contributed by atoms with E-state index in [2.05, 4.69) is 0 Å². The van der Waals surface area contributed by atoms with Gasteiger partial charge in [-0.2, -0.15) is 0 Å². The first-order valence-electron chi connectivity index (χ1n) is 0. The predicted molar refractivity (Wildman–Crippen MR) is 32.4 cm³/mol. The maximum atomic E-state index is 0. The van der Waals surface area contributed by atoms with Gasteiger partial charge in [-0.3, -0.25) is 0 Å². The van der Waals surface area contributed by atoms with E-state index in [1.165, 1.54) is 0 Å². The molecule has 0 aliphatic heterocycles. The molecule has 0 atom stereocenters. The first-order chi connectivity index (χ1) is 0. The van der Waals surface area contributed by atoms with E-state index >= 15 is 0 Å². The second-order valence-electron chi connectivity index (χ2n) is 0. The monoisotopic (exact) mass is 133 g/mol. The number of hydrogen-bond donors (Lipinski definition) is 0. The third kappa shape index (κ3) is 23.1. The van der Waals surface area contributed by atoms with Gasteiger partial charge in [-0.05, 0) is 0 Å². The minimum Gasteiger partial charge on any atom is -0.412 e. The molecule has 0 saturated carbocycles. The molecule has 0 unspecified atom stereocenters. The summed E-state index contributed by atoms with van der Waals surface area (Å²) >= 11 is 0. The zero-order chi connectivity index (χ0) is 0. The molecule has 2 N–H and O–H groups in total. The van der Waals surface area contributed by atoms with Gasteiger partial charge in [0, 0.05) is 148 Å². The summed E-state index contributed by atoms with van der Waals surface area (Å²) in [6.45, 7) is 0. The van der Waals surface area contributed by atoms with Crippen molar-refractivity contribution in [2.24, 2.45) is 0 Å². The average Bonchev–Trinajstić information content (AvgIpc) is 0. The minimum atomic E-state index is 0. The molecular formula is H2Na5O. The van der Waals surface area contributed by atoms with Crippen LogP contribution in [0.4, 0.5) is 0 Å². The Labute approximate surface area is 149 Å². The summed E-state index contributed by atoms with van der Waals surface area (Å²) in [5.41, 5.74) is 0. The molecule has 0 aromatic rings. The van der Waals surface area contributed by atoms with E-state index in [0.29, 0.717) is 0 Å². The van der Waals surface area contributed by atoms with Crippen LogP contribution in [0.2, 0.25) is 0 Å². The van der Waals surface area contributed by atoms with Crippen molar-refractivity contribution in [3.8, 4) is 0 Å². The van der Waals surface area contributed by atoms with Gasteiger partial charge >= 0.3 is 0 Å². The van der Waals surface area contributed by atoms with Crippen LogP contribution in [-0.2, 0) is 0 Å². The van der Waals surface area contributed by atoms with E-state index in [0.717, 1.165) is 0 Å². The van der Waals surface area contributed by atoms with Gasteiger partial charge in [-0.15, -0.1) is 0 Å². The zero-order valence-electron chi connectivity index (χ0n) is 5.50. The molecule has 0 amide bonds. The molecule has 0 aliphatic carbocycles. The van der Waals surface area contributed by atoms with E-state index in [1.54, 1.807) is 0 Å². The Balaban J connectivity index is 0. The van der Waals surface area contributed by atoms with Gasteiger partial charge in [-0.25, -0.2) is 0 Å². The van der Waals surface area contributed by atoms with E-state index in [9.17, 15) is 0 Å². The largest absolute Gasteiger partial charge is 0.412 e. The molecule has 0 aliphatic rings. The molecule has 0 rings (SSSR count). The molecule has 0 aromatic heterocycles. The Bertz CT molecular complexity index is 3.90. The maximum absolute atomic E-state index is 0. The normalized spacial score (nSPS) is 0. The predicted octanol–water partition coefficient (Wildman–Crippen LogP) is -2.73. The van der Waals surface area contributed by atoms with Crippen molar-refractivity contribution in [3.63, 3.8) is 0 Å². The first-order valence-corrected chi connectivity index (χ1v) is 0. The van der Waals surface area contributed by atoms with Crippen molar-refractivity contribution in [1.29, 1.82) is 0 Å². The van der Waals surface area contributed by atoms with Crippen molar-refractivity contribution in [2.45, 2.75) is 0 Å². The molecule has 0 spiro atoms. The van der Waals surface area contributed by atoms with Gasteiger partial charge in [0.15, 0.2) is 0 Å². The van der Waals surface area contributed by atoms with Gasteiger partial charge in [0.25, 0.3) is 0 Å². The summed E-state index contributed by atoms with van der Waals surface area (Å²) in [6.07, 6.45) is 0. The summed E-state index contributed by atoms with van der Waals surface area (Å²) < 4.78 is 0. The molecule has 0 bridgehead atoms. The standard InChI is InChI=1S/5Na.H2O/h;;;;;1H2. The summed E-state index contributed by atoms with van der Waals surface area (Å²) in [5, 5.41) is 0. The SMILES string of the molecule is O.[Na].[Na].[Na].[Na].[Na]. The van der Waals surface area contributed by atoms with Gasteiger partial charge < -0.3 is 5.48 Å². The second kappa shape index (κ2) is 32.5. The first kappa shape index (κ1) is 44.2. The quantitative estimate of drug-likeness (QED) is 0.321. The average molecular weight is 133 g/mol. The summed E-state index contributed by atoms with van der Waals surface area (Å²) in [5.74, 6) is 0. The topological polar surface area (TPSA) is 31.5 Å². The summed E-state index contributed by atoms with van der Waals surface area (Å²) in [6, 6.07) is 0. The molecule has 5 radical (unpaired) electrons. The number of rotatable bonds is 0. The molecule has 6 heavy (non-hydrogen) atoms. The molecular weight excluding hydrogens is 131 g/mol. The van der Waals surface area contributed by atoms with Crippen LogP contribution in [0.15, 0.2) is 0 Å². The smallest absolute Gasteiger partial charge is 0 e. The Morgan fingerprint density at radius 2 is 0.333 bits per heavy atom. The third-order valence-electron chi connectivity index (χ3n) is 0. The molecule has 0 aromatic carbocycles. The Morgan fingerprint density at radius 3 is 0.333 bits per heavy atom.